The number of aryl methyl sites for hydroxylation is 1. The van der Waals surface area contributed by atoms with Crippen molar-refractivity contribution in [3.8, 4) is 0 Å². The van der Waals surface area contributed by atoms with Gasteiger partial charge >= 0.3 is 5.97 Å². The number of rotatable bonds is 9. The first-order chi connectivity index (χ1) is 9.97. The lowest BCUT2D eigenvalue weighted by atomic mass is 9.93. The predicted molar refractivity (Wildman–Crippen MR) is 94.8 cm³/mol. The number of nitrogens with one attached hydrogen (secondary N) is 1. The zero-order valence-electron chi connectivity index (χ0n) is 12.9. The number of hydrogen-bond donors (Lipinski definition) is 3. The summed E-state index contributed by atoms with van der Waals surface area (Å²) in [6.45, 7) is 4.82. The molecule has 0 aromatic heterocycles. The smallest absolute Gasteiger partial charge is 0.320 e. The van der Waals surface area contributed by atoms with E-state index in [2.05, 4.69) is 43.9 Å². The third-order valence-corrected chi connectivity index (χ3v) is 5.01. The van der Waals surface area contributed by atoms with Crippen LogP contribution < -0.4 is 5.32 Å². The van der Waals surface area contributed by atoms with Gasteiger partial charge in [-0.2, -0.15) is 24.4 Å². The third kappa shape index (κ3) is 5.93. The maximum Gasteiger partial charge on any atom is 0.320 e. The molecule has 0 saturated heterocycles. The first kappa shape index (κ1) is 18.4. The summed E-state index contributed by atoms with van der Waals surface area (Å²) in [6, 6.07) is 7.78. The lowest BCUT2D eigenvalue weighted by molar-refractivity contribution is -0.139. The van der Waals surface area contributed by atoms with Gasteiger partial charge < -0.3 is 10.4 Å². The SMILES string of the molecule is CSCC[C@H](NCC(S)C(C)c1ccccc1C)C(=O)O. The van der Waals surface area contributed by atoms with E-state index in [0.717, 1.165) is 5.75 Å². The quantitative estimate of drug-likeness (QED) is 0.610. The average molecular weight is 328 g/mol. The topological polar surface area (TPSA) is 49.3 Å². The van der Waals surface area contributed by atoms with Crippen molar-refractivity contribution in [2.75, 3.05) is 18.6 Å². The van der Waals surface area contributed by atoms with Gasteiger partial charge in [-0.25, -0.2) is 0 Å². The first-order valence-corrected chi connectivity index (χ1v) is 9.07. The second-order valence-corrected chi connectivity index (χ2v) is 6.94. The van der Waals surface area contributed by atoms with Gasteiger partial charge in [-0.05, 0) is 42.4 Å². The van der Waals surface area contributed by atoms with E-state index in [0.29, 0.717) is 13.0 Å². The van der Waals surface area contributed by atoms with Crippen LogP contribution in [0.25, 0.3) is 0 Å². The number of carboxylic acid groups (broad SMARTS) is 1. The van der Waals surface area contributed by atoms with E-state index in [1.807, 2.05) is 18.4 Å². The molecule has 118 valence electrons. The molecule has 0 spiro atoms. The standard InChI is InChI=1S/C16H25NO2S2/c1-11-6-4-5-7-13(11)12(2)15(20)10-17-14(16(18)19)8-9-21-3/h4-7,12,14-15,17,20H,8-10H2,1-3H3,(H,18,19)/t12?,14-,15?/m0/s1. The zero-order valence-corrected chi connectivity index (χ0v) is 14.6. The predicted octanol–water partition coefficient (Wildman–Crippen LogP) is 3.19. The third-order valence-electron chi connectivity index (χ3n) is 3.74. The molecule has 0 fully saturated rings. The van der Waals surface area contributed by atoms with Gasteiger partial charge in [0.2, 0.25) is 0 Å². The number of thioether (sulfide) groups is 1. The molecule has 0 aliphatic rings. The lowest BCUT2D eigenvalue weighted by Crippen LogP contribution is -2.41. The van der Waals surface area contributed by atoms with Gasteiger partial charge in [-0.15, -0.1) is 0 Å². The molecule has 0 saturated carbocycles. The van der Waals surface area contributed by atoms with Crippen LogP contribution >= 0.6 is 24.4 Å². The summed E-state index contributed by atoms with van der Waals surface area (Å²) in [5, 5.41) is 12.4. The molecular weight excluding hydrogens is 302 g/mol. The molecule has 1 aromatic rings. The van der Waals surface area contributed by atoms with E-state index < -0.39 is 12.0 Å². The van der Waals surface area contributed by atoms with Gasteiger partial charge in [0.25, 0.3) is 0 Å². The molecular formula is C16H25NO2S2. The number of carbonyl (C=O) groups is 1. The molecule has 0 heterocycles. The monoisotopic (exact) mass is 327 g/mol. The van der Waals surface area contributed by atoms with Crippen LogP contribution in [0.1, 0.15) is 30.4 Å². The molecule has 2 unspecified atom stereocenters. The molecule has 0 amide bonds. The van der Waals surface area contributed by atoms with Crippen LogP contribution in [0.4, 0.5) is 0 Å². The molecule has 3 nitrogen and oxygen atoms in total. The van der Waals surface area contributed by atoms with Crippen LogP contribution in [0, 0.1) is 6.92 Å². The van der Waals surface area contributed by atoms with Crippen LogP contribution in [-0.2, 0) is 4.79 Å². The zero-order chi connectivity index (χ0) is 15.8. The second-order valence-electron chi connectivity index (χ2n) is 5.29. The fourth-order valence-electron chi connectivity index (χ4n) is 2.29. The Morgan fingerprint density at radius 2 is 2.10 bits per heavy atom. The molecule has 1 aromatic carbocycles. The fraction of sp³-hybridized carbons (Fsp3) is 0.562. The minimum atomic E-state index is -0.784. The van der Waals surface area contributed by atoms with Crippen molar-refractivity contribution in [3.05, 3.63) is 35.4 Å². The number of thiol groups is 1. The van der Waals surface area contributed by atoms with E-state index in [1.165, 1.54) is 11.1 Å². The van der Waals surface area contributed by atoms with Crippen molar-refractivity contribution in [3.63, 3.8) is 0 Å². The second kappa shape index (κ2) is 9.38. The summed E-state index contributed by atoms with van der Waals surface area (Å²) in [4.78, 5) is 11.2. The lowest BCUT2D eigenvalue weighted by Gasteiger charge is -2.23. The minimum Gasteiger partial charge on any atom is -0.480 e. The summed E-state index contributed by atoms with van der Waals surface area (Å²) in [7, 11) is 0. The molecule has 2 N–H and O–H groups in total. The fourth-order valence-corrected chi connectivity index (χ4v) is 3.03. The number of benzene rings is 1. The van der Waals surface area contributed by atoms with Crippen LogP contribution in [-0.4, -0.2) is 40.9 Å². The molecule has 0 radical (unpaired) electrons. The molecule has 21 heavy (non-hydrogen) atoms. The van der Waals surface area contributed by atoms with Crippen molar-refractivity contribution < 1.29 is 9.90 Å². The number of aliphatic carboxylic acids is 1. The summed E-state index contributed by atoms with van der Waals surface area (Å²) in [5.41, 5.74) is 2.52. The summed E-state index contributed by atoms with van der Waals surface area (Å²) < 4.78 is 0. The van der Waals surface area contributed by atoms with Gasteiger partial charge in [0, 0.05) is 11.8 Å². The van der Waals surface area contributed by atoms with Crippen LogP contribution in [0.2, 0.25) is 0 Å². The number of carboxylic acids is 1. The Morgan fingerprint density at radius 3 is 2.67 bits per heavy atom. The molecule has 5 heteroatoms. The van der Waals surface area contributed by atoms with Crippen molar-refractivity contribution >= 4 is 30.4 Å². The Balaban J connectivity index is 2.57. The van der Waals surface area contributed by atoms with Gasteiger partial charge in [-0.3, -0.25) is 4.79 Å². The highest BCUT2D eigenvalue weighted by Gasteiger charge is 2.21. The molecule has 3 atom stereocenters. The maximum atomic E-state index is 11.2. The van der Waals surface area contributed by atoms with Crippen molar-refractivity contribution in [1.82, 2.24) is 5.32 Å². The molecule has 0 bridgehead atoms. The Bertz CT molecular complexity index is 454. The van der Waals surface area contributed by atoms with Gasteiger partial charge in [-0.1, -0.05) is 31.2 Å². The summed E-state index contributed by atoms with van der Waals surface area (Å²) >= 11 is 6.32. The Labute approximate surface area is 137 Å². The Morgan fingerprint density at radius 1 is 1.43 bits per heavy atom. The van der Waals surface area contributed by atoms with Crippen LogP contribution in [0.15, 0.2) is 24.3 Å². The van der Waals surface area contributed by atoms with Gasteiger partial charge in [0.1, 0.15) is 6.04 Å². The van der Waals surface area contributed by atoms with Crippen molar-refractivity contribution in [2.24, 2.45) is 0 Å². The Hall–Kier alpha value is -0.650. The van der Waals surface area contributed by atoms with Crippen LogP contribution in [0.5, 0.6) is 0 Å². The number of hydrogen-bond acceptors (Lipinski definition) is 4. The normalized spacial score (nSPS) is 15.4. The van der Waals surface area contributed by atoms with Gasteiger partial charge in [0.05, 0.1) is 0 Å². The molecule has 0 aliphatic carbocycles. The summed E-state index contributed by atoms with van der Waals surface area (Å²) in [6.07, 6.45) is 2.62. The van der Waals surface area contributed by atoms with E-state index in [-0.39, 0.29) is 11.2 Å². The Kier molecular flexibility index (Phi) is 8.22. The average Bonchev–Trinajstić information content (AvgIpc) is 2.46. The van der Waals surface area contributed by atoms with E-state index in [9.17, 15) is 9.90 Å². The van der Waals surface area contributed by atoms with Crippen molar-refractivity contribution in [2.45, 2.75) is 37.5 Å². The highest BCUT2D eigenvalue weighted by molar-refractivity contribution is 7.98. The maximum absolute atomic E-state index is 11.2. The van der Waals surface area contributed by atoms with E-state index in [4.69, 9.17) is 0 Å². The molecule has 1 rings (SSSR count). The molecule has 0 aliphatic heterocycles. The van der Waals surface area contributed by atoms with Gasteiger partial charge in [0.15, 0.2) is 0 Å². The highest BCUT2D eigenvalue weighted by Crippen LogP contribution is 2.25. The highest BCUT2D eigenvalue weighted by atomic mass is 32.2. The minimum absolute atomic E-state index is 0.0854. The first-order valence-electron chi connectivity index (χ1n) is 7.16. The van der Waals surface area contributed by atoms with E-state index in [1.54, 1.807) is 11.8 Å². The van der Waals surface area contributed by atoms with E-state index >= 15 is 0 Å². The van der Waals surface area contributed by atoms with Crippen LogP contribution in [0.3, 0.4) is 0 Å². The summed E-state index contributed by atoms with van der Waals surface area (Å²) in [5.74, 6) is 0.333. The largest absolute Gasteiger partial charge is 0.480 e. The van der Waals surface area contributed by atoms with Crippen molar-refractivity contribution in [1.29, 1.82) is 0 Å².